The topological polar surface area (TPSA) is 130 Å². The molecule has 0 saturated carbocycles. The van der Waals surface area contributed by atoms with Gasteiger partial charge in [-0.05, 0) is 50.8 Å². The van der Waals surface area contributed by atoms with Crippen LogP contribution in [-0.4, -0.2) is 59.2 Å². The highest BCUT2D eigenvalue weighted by atomic mass is 32.2. The van der Waals surface area contributed by atoms with Crippen molar-refractivity contribution >= 4 is 16.0 Å². The lowest BCUT2D eigenvalue weighted by Crippen LogP contribution is -2.31. The van der Waals surface area contributed by atoms with E-state index in [1.807, 2.05) is 6.92 Å². The first-order valence-corrected chi connectivity index (χ1v) is 13.4. The smallest absolute Gasteiger partial charge is 0.243 e. The van der Waals surface area contributed by atoms with Crippen molar-refractivity contribution in [2.45, 2.75) is 57.3 Å². The average Bonchev–Trinajstić information content (AvgIpc) is 3.30. The number of anilines is 1. The molecule has 0 spiro atoms. The minimum Gasteiger partial charge on any atom is -0.494 e. The van der Waals surface area contributed by atoms with Crippen molar-refractivity contribution in [3.63, 3.8) is 0 Å². The van der Waals surface area contributed by atoms with Crippen LogP contribution in [0.15, 0.2) is 30.6 Å². The molecule has 11 nitrogen and oxygen atoms in total. The number of methoxy groups -OCH3 is 2. The van der Waals surface area contributed by atoms with Crippen LogP contribution in [0.5, 0.6) is 11.5 Å². The summed E-state index contributed by atoms with van der Waals surface area (Å²) < 4.78 is 48.5. The second kappa shape index (κ2) is 10.8. The molecule has 4 rings (SSSR count). The molecule has 1 aromatic carbocycles. The Morgan fingerprint density at radius 1 is 1.08 bits per heavy atom. The molecule has 1 fully saturated rings. The summed E-state index contributed by atoms with van der Waals surface area (Å²) >= 11 is 0. The molecule has 2 aromatic heterocycles. The molecule has 0 amide bonds. The monoisotopic (exact) mass is 516 g/mol. The molecule has 0 aliphatic carbocycles. The van der Waals surface area contributed by atoms with E-state index in [4.69, 9.17) is 14.2 Å². The number of ether oxygens (including phenoxy) is 3. The van der Waals surface area contributed by atoms with E-state index in [9.17, 15) is 8.42 Å². The lowest BCUT2D eigenvalue weighted by atomic mass is 10.1. The lowest BCUT2D eigenvalue weighted by molar-refractivity contribution is 0.00839. The van der Waals surface area contributed by atoms with Crippen LogP contribution in [0.25, 0.3) is 5.69 Å². The maximum absolute atomic E-state index is 13.5. The number of para-hydroxylation sites is 1. The van der Waals surface area contributed by atoms with Gasteiger partial charge in [-0.3, -0.25) is 9.29 Å². The Balaban J connectivity index is 1.77. The van der Waals surface area contributed by atoms with Crippen LogP contribution in [0.1, 0.15) is 62.3 Å². The third-order valence-corrected chi connectivity index (χ3v) is 8.27. The molecule has 12 heteroatoms. The fourth-order valence-electron chi connectivity index (χ4n) is 4.12. The molecule has 0 bridgehead atoms. The highest BCUT2D eigenvalue weighted by Crippen LogP contribution is 2.39. The summed E-state index contributed by atoms with van der Waals surface area (Å²) in [5.41, 5.74) is 1.38. The molecule has 1 aliphatic heterocycles. The molecular formula is C24H32N6O5S. The molecule has 3 aromatic rings. The van der Waals surface area contributed by atoms with Crippen LogP contribution in [0.3, 0.4) is 0 Å². The van der Waals surface area contributed by atoms with E-state index in [2.05, 4.69) is 24.9 Å². The third-order valence-electron chi connectivity index (χ3n) is 6.42. The number of nitrogens with one attached hydrogen (secondary N) is 1. The minimum atomic E-state index is -3.93. The molecule has 3 heterocycles. The van der Waals surface area contributed by atoms with Crippen LogP contribution in [-0.2, 0) is 14.8 Å². The first-order valence-electron chi connectivity index (χ1n) is 11.8. The Morgan fingerprint density at radius 2 is 1.75 bits per heavy atom. The molecular weight excluding hydrogens is 484 g/mol. The number of aryl methyl sites for hydroxylation is 1. The molecule has 0 radical (unpaired) electrons. The van der Waals surface area contributed by atoms with Crippen LogP contribution in [0.4, 0.5) is 5.95 Å². The van der Waals surface area contributed by atoms with Crippen molar-refractivity contribution in [1.82, 2.24) is 24.7 Å². The van der Waals surface area contributed by atoms with Crippen molar-refractivity contribution in [3.8, 4) is 17.2 Å². The lowest BCUT2D eigenvalue weighted by Gasteiger charge is -2.25. The van der Waals surface area contributed by atoms with E-state index < -0.39 is 21.2 Å². The van der Waals surface area contributed by atoms with Gasteiger partial charge in [0.05, 0.1) is 19.5 Å². The maximum Gasteiger partial charge on any atom is 0.243 e. The highest BCUT2D eigenvalue weighted by molar-refractivity contribution is 7.93. The largest absolute Gasteiger partial charge is 0.494 e. The van der Waals surface area contributed by atoms with Crippen molar-refractivity contribution < 1.29 is 22.6 Å². The molecule has 1 N–H and O–H groups in total. The van der Waals surface area contributed by atoms with Gasteiger partial charge in [-0.25, -0.2) is 18.4 Å². The summed E-state index contributed by atoms with van der Waals surface area (Å²) in [6.45, 7) is 5.87. The Hall–Kier alpha value is -3.25. The Labute approximate surface area is 211 Å². The van der Waals surface area contributed by atoms with Crippen molar-refractivity contribution in [3.05, 3.63) is 47.8 Å². The van der Waals surface area contributed by atoms with E-state index in [0.717, 1.165) is 24.8 Å². The zero-order valence-corrected chi connectivity index (χ0v) is 21.9. The first kappa shape index (κ1) is 25.8. The molecule has 36 heavy (non-hydrogen) atoms. The van der Waals surface area contributed by atoms with Gasteiger partial charge in [-0.2, -0.15) is 0 Å². The summed E-state index contributed by atoms with van der Waals surface area (Å²) in [5.74, 6) is 1.41. The number of benzene rings is 1. The molecule has 3 atom stereocenters. The Bertz CT molecular complexity index is 1270. The first-order chi connectivity index (χ1) is 17.3. The average molecular weight is 517 g/mol. The van der Waals surface area contributed by atoms with Gasteiger partial charge in [-0.1, -0.05) is 13.0 Å². The maximum atomic E-state index is 13.5. The van der Waals surface area contributed by atoms with E-state index in [1.165, 1.54) is 14.2 Å². The number of rotatable bonds is 9. The van der Waals surface area contributed by atoms with Crippen molar-refractivity contribution in [2.24, 2.45) is 0 Å². The van der Waals surface area contributed by atoms with Crippen molar-refractivity contribution in [1.29, 1.82) is 0 Å². The van der Waals surface area contributed by atoms with Crippen LogP contribution >= 0.6 is 0 Å². The summed E-state index contributed by atoms with van der Waals surface area (Å²) in [7, 11) is -0.861. The Morgan fingerprint density at radius 3 is 2.33 bits per heavy atom. The van der Waals surface area contributed by atoms with E-state index in [1.54, 1.807) is 49.0 Å². The summed E-state index contributed by atoms with van der Waals surface area (Å²) in [5, 5.41) is 7.72. The number of aromatic nitrogens is 5. The molecule has 2 unspecified atom stereocenters. The zero-order chi connectivity index (χ0) is 25.9. The zero-order valence-electron chi connectivity index (χ0n) is 21.1. The predicted octanol–water partition coefficient (Wildman–Crippen LogP) is 3.56. The predicted molar refractivity (Wildman–Crippen MR) is 134 cm³/mol. The fraction of sp³-hybridized carbons (Fsp3) is 0.500. The van der Waals surface area contributed by atoms with Gasteiger partial charge in [-0.15, -0.1) is 10.2 Å². The van der Waals surface area contributed by atoms with E-state index in [0.29, 0.717) is 35.4 Å². The normalized spacial score (nSPS) is 17.9. The SMILES string of the molecule is COc1cccc(OC)c1-n1c(NS(=O)(=O)C(C)C(C)c2ncc(C)cn2)nnc1[C@@H]1CCCCO1. The standard InChI is InChI=1S/C24H32N6O5S/c1-15-13-25-22(26-14-15)16(2)17(3)36(31,32)29-24-28-27-23(20-9-6-7-12-35-20)30(24)21-18(33-4)10-8-11-19(21)34-5/h8,10-11,13-14,16-17,20H,6-7,9,12H2,1-5H3,(H,28,29)/t16?,17?,20-/m0/s1. The van der Waals surface area contributed by atoms with Gasteiger partial charge in [0.1, 0.15) is 29.1 Å². The number of nitrogens with zero attached hydrogens (tertiary/aromatic N) is 5. The van der Waals surface area contributed by atoms with Gasteiger partial charge in [0.15, 0.2) is 5.82 Å². The number of hydrogen-bond donors (Lipinski definition) is 1. The van der Waals surface area contributed by atoms with Gasteiger partial charge in [0.2, 0.25) is 16.0 Å². The van der Waals surface area contributed by atoms with Crippen molar-refractivity contribution in [2.75, 3.05) is 25.5 Å². The van der Waals surface area contributed by atoms with Gasteiger partial charge < -0.3 is 14.2 Å². The summed E-state index contributed by atoms with van der Waals surface area (Å²) in [6.07, 6.45) is 5.65. The van der Waals surface area contributed by atoms with Gasteiger partial charge in [0, 0.05) is 24.9 Å². The van der Waals surface area contributed by atoms with Crippen LogP contribution in [0.2, 0.25) is 0 Å². The fourth-order valence-corrected chi connectivity index (χ4v) is 5.36. The van der Waals surface area contributed by atoms with Crippen LogP contribution in [0, 0.1) is 6.92 Å². The van der Waals surface area contributed by atoms with Gasteiger partial charge >= 0.3 is 0 Å². The van der Waals surface area contributed by atoms with Gasteiger partial charge in [0.25, 0.3) is 0 Å². The number of hydrogen-bond acceptors (Lipinski definition) is 9. The van der Waals surface area contributed by atoms with E-state index in [-0.39, 0.29) is 12.1 Å². The summed E-state index contributed by atoms with van der Waals surface area (Å²) in [6, 6.07) is 5.32. The molecule has 1 saturated heterocycles. The second-order valence-electron chi connectivity index (χ2n) is 8.84. The Kier molecular flexibility index (Phi) is 7.74. The van der Waals surface area contributed by atoms with Crippen LogP contribution < -0.4 is 14.2 Å². The minimum absolute atomic E-state index is 0.0193. The molecule has 194 valence electrons. The number of sulfonamides is 1. The van der Waals surface area contributed by atoms with E-state index >= 15 is 0 Å². The third kappa shape index (κ3) is 5.14. The second-order valence-corrected chi connectivity index (χ2v) is 10.9. The highest BCUT2D eigenvalue weighted by Gasteiger charge is 2.34. The molecule has 1 aliphatic rings. The quantitative estimate of drug-likeness (QED) is 0.453. The summed E-state index contributed by atoms with van der Waals surface area (Å²) in [4.78, 5) is 8.62.